The molecular weight excluding hydrogens is 407 g/mol. The number of carbonyl (C=O) groups is 2. The summed E-state index contributed by atoms with van der Waals surface area (Å²) in [6.45, 7) is 3.08. The number of rotatable bonds is 5. The summed E-state index contributed by atoms with van der Waals surface area (Å²) in [6.07, 6.45) is 0. The van der Waals surface area contributed by atoms with Crippen molar-refractivity contribution >= 4 is 29.0 Å². The maximum Gasteiger partial charge on any atom is 0.338 e. The third-order valence-electron chi connectivity index (χ3n) is 5.33. The molecule has 3 heterocycles. The lowest BCUT2D eigenvalue weighted by Gasteiger charge is -2.37. The number of halogens is 1. The van der Waals surface area contributed by atoms with Gasteiger partial charge >= 0.3 is 12.0 Å². The van der Waals surface area contributed by atoms with E-state index in [4.69, 9.17) is 4.74 Å². The van der Waals surface area contributed by atoms with Crippen LogP contribution in [0.15, 0.2) is 53.0 Å². The van der Waals surface area contributed by atoms with Crippen molar-refractivity contribution in [2.24, 2.45) is 0 Å². The van der Waals surface area contributed by atoms with Crippen LogP contribution in [0.25, 0.3) is 0 Å². The average Bonchev–Trinajstić information content (AvgIpc) is 3.29. The Morgan fingerprint density at radius 2 is 1.97 bits per heavy atom. The van der Waals surface area contributed by atoms with E-state index in [2.05, 4.69) is 15.5 Å². The molecule has 0 saturated carbocycles. The zero-order valence-electron chi connectivity index (χ0n) is 16.6. The smallest absolute Gasteiger partial charge is 0.338 e. The van der Waals surface area contributed by atoms with Crippen LogP contribution in [0.3, 0.4) is 0 Å². The molecule has 4 rings (SSSR count). The van der Waals surface area contributed by atoms with Crippen molar-refractivity contribution in [3.05, 3.63) is 63.7 Å². The minimum Gasteiger partial charge on any atom is -0.466 e. The van der Waals surface area contributed by atoms with Gasteiger partial charge in [-0.05, 0) is 23.6 Å². The summed E-state index contributed by atoms with van der Waals surface area (Å²) in [5, 5.41) is 7.51. The Labute approximate surface area is 178 Å². The molecule has 0 aliphatic carbocycles. The lowest BCUT2D eigenvalue weighted by atomic mass is 10.0. The molecule has 1 atom stereocenters. The second kappa shape index (κ2) is 8.85. The predicted octanol–water partition coefficient (Wildman–Crippen LogP) is 2.49. The van der Waals surface area contributed by atoms with Gasteiger partial charge in [-0.3, -0.25) is 4.90 Å². The second-order valence-electron chi connectivity index (χ2n) is 7.15. The largest absolute Gasteiger partial charge is 0.466 e. The fraction of sp³-hybridized carbons (Fsp3) is 0.333. The van der Waals surface area contributed by atoms with Crippen molar-refractivity contribution in [1.82, 2.24) is 15.5 Å². The number of nitrogens with one attached hydrogen (secondary N) is 2. The van der Waals surface area contributed by atoms with Gasteiger partial charge in [-0.25, -0.2) is 14.0 Å². The van der Waals surface area contributed by atoms with E-state index in [9.17, 15) is 14.0 Å². The monoisotopic (exact) mass is 430 g/mol. The maximum atomic E-state index is 14.1. The Morgan fingerprint density at radius 3 is 2.63 bits per heavy atom. The molecule has 1 fully saturated rings. The number of hydrogen-bond acceptors (Lipinski definition) is 6. The topological polar surface area (TPSA) is 73.9 Å². The van der Waals surface area contributed by atoms with Crippen molar-refractivity contribution < 1.29 is 18.7 Å². The molecule has 0 spiro atoms. The van der Waals surface area contributed by atoms with Gasteiger partial charge in [0.15, 0.2) is 0 Å². The van der Waals surface area contributed by atoms with E-state index in [-0.39, 0.29) is 11.8 Å². The number of methoxy groups -OCH3 is 1. The van der Waals surface area contributed by atoms with Crippen molar-refractivity contribution in [2.45, 2.75) is 6.04 Å². The zero-order valence-corrected chi connectivity index (χ0v) is 17.4. The van der Waals surface area contributed by atoms with E-state index in [1.54, 1.807) is 12.1 Å². The molecule has 1 aromatic carbocycles. The second-order valence-corrected chi connectivity index (χ2v) is 8.12. The van der Waals surface area contributed by atoms with Crippen LogP contribution in [0.1, 0.15) is 10.9 Å². The molecule has 30 heavy (non-hydrogen) atoms. The van der Waals surface area contributed by atoms with Gasteiger partial charge in [-0.1, -0.05) is 18.2 Å². The SMILES string of the molecule is COC(=O)C1=C(CN2CCN(c3ccccc3F)CC2)NC(=O)N[C@H]1c1cccs1. The normalized spacial score (nSPS) is 20.0. The molecule has 158 valence electrons. The van der Waals surface area contributed by atoms with E-state index in [0.29, 0.717) is 49.7 Å². The van der Waals surface area contributed by atoms with Crippen LogP contribution in [-0.2, 0) is 9.53 Å². The molecule has 2 amide bonds. The van der Waals surface area contributed by atoms with E-state index in [1.165, 1.54) is 24.5 Å². The number of amides is 2. The van der Waals surface area contributed by atoms with E-state index >= 15 is 0 Å². The number of esters is 1. The zero-order chi connectivity index (χ0) is 21.1. The molecule has 2 aromatic rings. The quantitative estimate of drug-likeness (QED) is 0.713. The highest BCUT2D eigenvalue weighted by Crippen LogP contribution is 2.31. The van der Waals surface area contributed by atoms with Crippen LogP contribution in [0.2, 0.25) is 0 Å². The highest BCUT2D eigenvalue weighted by molar-refractivity contribution is 7.10. The van der Waals surface area contributed by atoms with Crippen molar-refractivity contribution in [3.8, 4) is 0 Å². The first-order valence-corrected chi connectivity index (χ1v) is 10.6. The van der Waals surface area contributed by atoms with Crippen molar-refractivity contribution in [1.29, 1.82) is 0 Å². The first-order chi connectivity index (χ1) is 14.6. The Balaban J connectivity index is 1.52. The molecule has 1 aromatic heterocycles. The van der Waals surface area contributed by atoms with Crippen LogP contribution in [-0.4, -0.2) is 56.7 Å². The number of thiophene rings is 1. The highest BCUT2D eigenvalue weighted by Gasteiger charge is 2.35. The van der Waals surface area contributed by atoms with Gasteiger partial charge in [0.25, 0.3) is 0 Å². The van der Waals surface area contributed by atoms with E-state index < -0.39 is 12.0 Å². The van der Waals surface area contributed by atoms with Crippen LogP contribution in [0.5, 0.6) is 0 Å². The highest BCUT2D eigenvalue weighted by atomic mass is 32.1. The number of carbonyl (C=O) groups excluding carboxylic acids is 2. The number of piperazine rings is 1. The molecule has 0 radical (unpaired) electrons. The maximum absolute atomic E-state index is 14.1. The molecule has 1 saturated heterocycles. The lowest BCUT2D eigenvalue weighted by molar-refractivity contribution is -0.136. The number of hydrogen-bond donors (Lipinski definition) is 2. The molecule has 7 nitrogen and oxygen atoms in total. The van der Waals surface area contributed by atoms with E-state index in [0.717, 1.165) is 4.88 Å². The molecule has 0 bridgehead atoms. The molecular formula is C21H23FN4O3S. The van der Waals surface area contributed by atoms with E-state index in [1.807, 2.05) is 28.5 Å². The minimum atomic E-state index is -0.541. The number of ether oxygens (including phenoxy) is 1. The summed E-state index contributed by atoms with van der Waals surface area (Å²) < 4.78 is 19.1. The summed E-state index contributed by atoms with van der Waals surface area (Å²) in [4.78, 5) is 29.9. The van der Waals surface area contributed by atoms with Gasteiger partial charge in [0.1, 0.15) is 5.82 Å². The Morgan fingerprint density at radius 1 is 1.20 bits per heavy atom. The van der Waals surface area contributed by atoms with Crippen LogP contribution >= 0.6 is 11.3 Å². The van der Waals surface area contributed by atoms with Crippen molar-refractivity contribution in [2.75, 3.05) is 44.7 Å². The number of anilines is 1. The van der Waals surface area contributed by atoms with Gasteiger partial charge in [-0.15, -0.1) is 11.3 Å². The summed E-state index contributed by atoms with van der Waals surface area (Å²) in [5.74, 6) is -0.702. The molecule has 0 unspecified atom stereocenters. The first kappa shape index (κ1) is 20.4. The van der Waals surface area contributed by atoms with Gasteiger partial charge < -0.3 is 20.3 Å². The predicted molar refractivity (Wildman–Crippen MR) is 113 cm³/mol. The standard InChI is InChI=1S/C21H23FN4O3S/c1-29-20(27)18-15(23-21(28)24-19(18)17-7-4-12-30-17)13-25-8-10-26(11-9-25)16-6-3-2-5-14(16)22/h2-7,12,19H,8-11,13H2,1H3,(H2,23,24,28)/t19-/m0/s1. The molecule has 2 N–H and O–H groups in total. The minimum absolute atomic E-state index is 0.231. The molecule has 2 aliphatic heterocycles. The van der Waals surface area contributed by atoms with Gasteiger partial charge in [-0.2, -0.15) is 0 Å². The Hall–Kier alpha value is -2.91. The lowest BCUT2D eigenvalue weighted by Crippen LogP contribution is -2.51. The Bertz CT molecular complexity index is 955. The van der Waals surface area contributed by atoms with Crippen LogP contribution < -0.4 is 15.5 Å². The fourth-order valence-corrected chi connectivity index (χ4v) is 4.63. The van der Waals surface area contributed by atoms with Crippen LogP contribution in [0, 0.1) is 5.82 Å². The number of nitrogens with zero attached hydrogens (tertiary/aromatic N) is 2. The first-order valence-electron chi connectivity index (χ1n) is 9.71. The third kappa shape index (κ3) is 4.17. The summed E-state index contributed by atoms with van der Waals surface area (Å²) >= 11 is 1.47. The summed E-state index contributed by atoms with van der Waals surface area (Å²) in [7, 11) is 1.34. The van der Waals surface area contributed by atoms with Crippen molar-refractivity contribution in [3.63, 3.8) is 0 Å². The molecule has 2 aliphatic rings. The summed E-state index contributed by atoms with van der Waals surface area (Å²) in [6, 6.07) is 9.63. The number of urea groups is 1. The van der Waals surface area contributed by atoms with Gasteiger partial charge in [0.05, 0.1) is 24.4 Å². The number of para-hydroxylation sites is 1. The summed E-state index contributed by atoms with van der Waals surface area (Å²) in [5.41, 5.74) is 1.55. The van der Waals surface area contributed by atoms with Crippen LogP contribution in [0.4, 0.5) is 14.9 Å². The van der Waals surface area contributed by atoms with Gasteiger partial charge in [0.2, 0.25) is 0 Å². The van der Waals surface area contributed by atoms with Gasteiger partial charge in [0, 0.05) is 43.3 Å². The third-order valence-corrected chi connectivity index (χ3v) is 6.27. The number of benzene rings is 1. The molecule has 9 heteroatoms. The average molecular weight is 431 g/mol. The fourth-order valence-electron chi connectivity index (χ4n) is 3.84. The Kier molecular flexibility index (Phi) is 6.01.